The summed E-state index contributed by atoms with van der Waals surface area (Å²) in [5.41, 5.74) is 0. The molecule has 1 nitrogen and oxygen atoms in total. The van der Waals surface area contributed by atoms with Crippen LogP contribution in [0, 0.1) is 0 Å². The van der Waals surface area contributed by atoms with Crippen LogP contribution in [-0.4, -0.2) is 22.6 Å². The van der Waals surface area contributed by atoms with Gasteiger partial charge in [0.2, 0.25) is 0 Å². The van der Waals surface area contributed by atoms with Gasteiger partial charge in [-0.25, -0.2) is 0 Å². The fraction of sp³-hybridized carbons (Fsp3) is 1.00. The van der Waals surface area contributed by atoms with Crippen LogP contribution in [0.15, 0.2) is 0 Å². The van der Waals surface area contributed by atoms with E-state index in [2.05, 4.69) is 0 Å². The average Bonchev–Trinajstić information content (AvgIpc) is 1.37. The van der Waals surface area contributed by atoms with Crippen LogP contribution in [-0.2, 0) is 4.57 Å². The van der Waals surface area contributed by atoms with Gasteiger partial charge in [0.25, 0.3) is 0 Å². The third-order valence-corrected chi connectivity index (χ3v) is 0.500. The summed E-state index contributed by atoms with van der Waals surface area (Å²) in [5, 5.41) is 0. The van der Waals surface area contributed by atoms with E-state index in [0.29, 0.717) is 0 Å². The molecule has 0 aromatic heterocycles. The molecule has 0 radical (unpaired) electrons. The van der Waals surface area contributed by atoms with Gasteiger partial charge < -0.3 is 0 Å². The van der Waals surface area contributed by atoms with Crippen molar-refractivity contribution in [1.29, 1.82) is 0 Å². The van der Waals surface area contributed by atoms with E-state index in [1.165, 1.54) is 0 Å². The first-order valence-corrected chi connectivity index (χ1v) is 2.64. The molecule has 0 heterocycles. The molecular formula is CH4LiOP. The quantitative estimate of drug-likeness (QED) is 0.310. The Bertz CT molecular complexity index is 22.0. The average molecular weight is 70.0 g/mol. The van der Waals surface area contributed by atoms with Gasteiger partial charge in [0.15, 0.2) is 0 Å². The summed E-state index contributed by atoms with van der Waals surface area (Å²) in [6.45, 7) is 0. The van der Waals surface area contributed by atoms with Crippen molar-refractivity contribution in [2.45, 2.75) is 0 Å². The van der Waals surface area contributed by atoms with Crippen molar-refractivity contribution in [2.24, 2.45) is 0 Å². The minimum atomic E-state index is -0.468. The van der Waals surface area contributed by atoms with Gasteiger partial charge in [0, 0.05) is 0 Å². The molecule has 4 heavy (non-hydrogen) atoms. The second kappa shape index (κ2) is 3.83. The van der Waals surface area contributed by atoms with Crippen LogP contribution in [0.1, 0.15) is 0 Å². The monoisotopic (exact) mass is 70.0 g/mol. The summed E-state index contributed by atoms with van der Waals surface area (Å²) >= 11 is 1.91. The third-order valence-electron chi connectivity index (χ3n) is 0.167. The van der Waals surface area contributed by atoms with Gasteiger partial charge in [-0.15, -0.1) is 0 Å². The van der Waals surface area contributed by atoms with Gasteiger partial charge in [-0.1, -0.05) is 0 Å². The molecule has 0 saturated carbocycles. The topological polar surface area (TPSA) is 17.1 Å². The normalized spacial score (nSPS) is 10.5. The summed E-state index contributed by atoms with van der Waals surface area (Å²) in [6, 6.07) is 0. The molecule has 3 heteroatoms. The van der Waals surface area contributed by atoms with E-state index in [1.54, 1.807) is 0 Å². The Hall–Kier alpha value is 0.827. The number of hydrogen-bond donors (Lipinski definition) is 0. The zero-order valence-electron chi connectivity index (χ0n) is 2.69. The van der Waals surface area contributed by atoms with E-state index >= 15 is 0 Å². The first-order valence-electron chi connectivity index (χ1n) is 1.35. The molecule has 0 rings (SSSR count). The molecule has 0 aliphatic rings. The Morgan fingerprint density at radius 2 is 2.25 bits per heavy atom. The first kappa shape index (κ1) is 4.83. The zero-order valence-corrected chi connectivity index (χ0v) is 3.85. The summed E-state index contributed by atoms with van der Waals surface area (Å²) in [6.07, 6.45) is 0. The Balaban J connectivity index is 2.30. The van der Waals surface area contributed by atoms with E-state index in [4.69, 9.17) is 0 Å². The molecule has 0 bridgehead atoms. The molecule has 0 aromatic rings. The molecule has 0 N–H and O–H groups in total. The molecule has 0 fully saturated rings. The van der Waals surface area contributed by atoms with Crippen LogP contribution in [0.5, 0.6) is 0 Å². The maximum absolute atomic E-state index is 9.38. The molecule has 0 saturated heterocycles. The zero-order chi connectivity index (χ0) is 3.41. The summed E-state index contributed by atoms with van der Waals surface area (Å²) < 4.78 is 9.38. The van der Waals surface area contributed by atoms with E-state index < -0.39 is 8.46 Å². The third kappa shape index (κ3) is 2.83. The van der Waals surface area contributed by atoms with Crippen LogP contribution in [0.2, 0.25) is 0 Å². The molecule has 20 valence electrons. The van der Waals surface area contributed by atoms with Gasteiger partial charge in [0.1, 0.15) is 0 Å². The molecule has 1 unspecified atom stereocenters. The van der Waals surface area contributed by atoms with Crippen molar-refractivity contribution >= 4 is 26.2 Å². The van der Waals surface area contributed by atoms with Crippen LogP contribution in [0.3, 0.4) is 0 Å². The molecule has 0 aliphatic heterocycles. The summed E-state index contributed by atoms with van der Waals surface area (Å²) in [5.74, 6) is 0. The van der Waals surface area contributed by atoms with Crippen molar-refractivity contribution in [3.63, 3.8) is 0 Å². The van der Waals surface area contributed by atoms with Crippen molar-refractivity contribution in [3.8, 4) is 0 Å². The van der Waals surface area contributed by atoms with Gasteiger partial charge >= 0.3 is 35.6 Å². The number of rotatable bonds is 1. The predicted octanol–water partition coefficient (Wildman–Crippen LogP) is -0.131. The summed E-state index contributed by atoms with van der Waals surface area (Å²) in [7, 11) is -0.468. The number of hydrogen-bond acceptors (Lipinski definition) is 1. The van der Waals surface area contributed by atoms with E-state index in [9.17, 15) is 4.57 Å². The second-order valence-electron chi connectivity index (χ2n) is 0.575. The van der Waals surface area contributed by atoms with Crippen molar-refractivity contribution in [3.05, 3.63) is 0 Å². The molecule has 0 amide bonds. The van der Waals surface area contributed by atoms with E-state index in [1.807, 2.05) is 17.7 Å². The second-order valence-corrected chi connectivity index (χ2v) is 1.72. The van der Waals surface area contributed by atoms with Gasteiger partial charge in [-0.05, 0) is 0 Å². The fourth-order valence-electron chi connectivity index (χ4n) is 0. The Labute approximate surface area is 36.2 Å². The van der Waals surface area contributed by atoms with Crippen molar-refractivity contribution in [1.82, 2.24) is 0 Å². The Morgan fingerprint density at radius 3 is 2.25 bits per heavy atom. The predicted molar refractivity (Wildman–Crippen MR) is 21.0 cm³/mol. The fourth-order valence-corrected chi connectivity index (χ4v) is 0. The molecule has 1 atom stereocenters. The molecular weight excluding hydrogens is 65.9 g/mol. The van der Waals surface area contributed by atoms with E-state index in [-0.39, 0.29) is 0 Å². The van der Waals surface area contributed by atoms with Crippen LogP contribution in [0.4, 0.5) is 0 Å². The van der Waals surface area contributed by atoms with Crippen LogP contribution >= 0.6 is 8.46 Å². The van der Waals surface area contributed by atoms with Crippen molar-refractivity contribution < 1.29 is 4.57 Å². The van der Waals surface area contributed by atoms with Crippen molar-refractivity contribution in [2.75, 3.05) is 4.83 Å². The summed E-state index contributed by atoms with van der Waals surface area (Å²) in [4.78, 5) is 0.847. The standard InChI is InChI=1S/CH4OP.Li/c1-3-2;/h1,3H2;. The Kier molecular flexibility index (Phi) is 4.62. The molecule has 0 aliphatic carbocycles. The minimum absolute atomic E-state index is 0.468. The van der Waals surface area contributed by atoms with Gasteiger partial charge in [-0.3, -0.25) is 0 Å². The van der Waals surface area contributed by atoms with Gasteiger partial charge in [-0.2, -0.15) is 0 Å². The van der Waals surface area contributed by atoms with Crippen LogP contribution in [0.25, 0.3) is 0 Å². The van der Waals surface area contributed by atoms with E-state index in [0.717, 1.165) is 4.83 Å². The maximum atomic E-state index is 9.38. The molecule has 0 aromatic carbocycles. The first-order chi connectivity index (χ1) is 1.91. The Morgan fingerprint density at radius 1 is 2.00 bits per heavy atom. The molecule has 0 spiro atoms. The van der Waals surface area contributed by atoms with Crippen LogP contribution < -0.4 is 0 Å². The van der Waals surface area contributed by atoms with Gasteiger partial charge in [0.05, 0.1) is 0 Å². The SMILES string of the molecule is [Li][CH2][PH2]=O.